The predicted octanol–water partition coefficient (Wildman–Crippen LogP) is 2.37. The van der Waals surface area contributed by atoms with Gasteiger partial charge < -0.3 is 9.47 Å². The number of nitrogens with zero attached hydrogens (tertiary/aromatic N) is 1. The Balaban J connectivity index is 1.78. The molecule has 1 saturated carbocycles. The molecule has 0 N–H and O–H groups in total. The number of ether oxygens (including phenoxy) is 2. The number of hydrogen-bond acceptors (Lipinski definition) is 4. The molecule has 1 aliphatic carbocycles. The van der Waals surface area contributed by atoms with E-state index in [1.54, 1.807) is 28.6 Å². The van der Waals surface area contributed by atoms with Gasteiger partial charge in [0.05, 0.1) is 36.9 Å². The molecule has 0 radical (unpaired) electrons. The van der Waals surface area contributed by atoms with E-state index in [9.17, 15) is 8.42 Å². The fraction of sp³-hybridized carbons (Fsp3) is 0.556. The summed E-state index contributed by atoms with van der Waals surface area (Å²) in [6.45, 7) is 7.50. The molecule has 1 aromatic rings. The van der Waals surface area contributed by atoms with E-state index in [4.69, 9.17) is 9.47 Å². The Bertz CT molecular complexity index is 688. The van der Waals surface area contributed by atoms with Crippen molar-refractivity contribution in [2.75, 3.05) is 26.4 Å². The lowest BCUT2D eigenvalue weighted by atomic mass is 10.1. The molecule has 5 nitrogen and oxygen atoms in total. The second-order valence-electron chi connectivity index (χ2n) is 6.50. The van der Waals surface area contributed by atoms with Gasteiger partial charge in [-0.25, -0.2) is 8.42 Å². The topological polar surface area (TPSA) is 55.8 Å². The van der Waals surface area contributed by atoms with Crippen molar-refractivity contribution in [2.24, 2.45) is 5.92 Å². The third kappa shape index (κ3) is 3.42. The molecule has 24 heavy (non-hydrogen) atoms. The molecule has 2 fully saturated rings. The molecule has 1 heterocycles. The molecule has 1 aromatic carbocycles. The lowest BCUT2D eigenvalue weighted by molar-refractivity contribution is -0.0605. The third-order valence-electron chi connectivity index (χ3n) is 4.83. The van der Waals surface area contributed by atoms with Gasteiger partial charge >= 0.3 is 0 Å². The maximum Gasteiger partial charge on any atom is 0.243 e. The summed E-state index contributed by atoms with van der Waals surface area (Å²) in [5, 5.41) is 0. The SMILES string of the molecule is C=CCOCC1CCC2C1OCCN2S(=O)(=O)c1cccc(C)c1. The van der Waals surface area contributed by atoms with E-state index >= 15 is 0 Å². The molecule has 0 bridgehead atoms. The average Bonchev–Trinajstić information content (AvgIpc) is 2.98. The summed E-state index contributed by atoms with van der Waals surface area (Å²) in [6.07, 6.45) is 3.38. The molecule has 0 aromatic heterocycles. The molecule has 3 unspecified atom stereocenters. The molecule has 1 aliphatic heterocycles. The fourth-order valence-corrected chi connectivity index (χ4v) is 5.47. The number of sulfonamides is 1. The molecule has 1 saturated heterocycles. The Morgan fingerprint density at radius 2 is 2.25 bits per heavy atom. The number of rotatable bonds is 6. The van der Waals surface area contributed by atoms with Crippen LogP contribution in [0.3, 0.4) is 0 Å². The van der Waals surface area contributed by atoms with Crippen LogP contribution in [0.15, 0.2) is 41.8 Å². The zero-order valence-corrected chi connectivity index (χ0v) is 14.9. The normalized spacial score (nSPS) is 27.8. The van der Waals surface area contributed by atoms with E-state index in [0.29, 0.717) is 31.3 Å². The minimum absolute atomic E-state index is 0.0804. The molecule has 3 atom stereocenters. The molecule has 0 spiro atoms. The summed E-state index contributed by atoms with van der Waals surface area (Å²) in [4.78, 5) is 0.370. The van der Waals surface area contributed by atoms with Gasteiger partial charge in [-0.1, -0.05) is 18.2 Å². The third-order valence-corrected chi connectivity index (χ3v) is 6.75. The molecule has 132 valence electrons. The van der Waals surface area contributed by atoms with E-state index < -0.39 is 10.0 Å². The smallest absolute Gasteiger partial charge is 0.243 e. The van der Waals surface area contributed by atoms with Crippen molar-refractivity contribution < 1.29 is 17.9 Å². The zero-order valence-electron chi connectivity index (χ0n) is 14.1. The van der Waals surface area contributed by atoms with Crippen LogP contribution in [0, 0.1) is 12.8 Å². The molecule has 3 rings (SSSR count). The number of hydrogen-bond donors (Lipinski definition) is 0. The standard InChI is InChI=1S/C18H25NO4S/c1-3-10-22-13-15-7-8-17-18(15)23-11-9-19(17)24(20,21)16-6-4-5-14(2)12-16/h3-6,12,15,17-18H,1,7-11,13H2,2H3. The van der Waals surface area contributed by atoms with Crippen LogP contribution in [0.1, 0.15) is 18.4 Å². The van der Waals surface area contributed by atoms with Crippen molar-refractivity contribution in [1.82, 2.24) is 4.31 Å². The van der Waals surface area contributed by atoms with E-state index in [0.717, 1.165) is 18.4 Å². The summed E-state index contributed by atoms with van der Waals surface area (Å²) in [5.74, 6) is 0.241. The molecule has 6 heteroatoms. The quantitative estimate of drug-likeness (QED) is 0.583. The van der Waals surface area contributed by atoms with Gasteiger partial charge in [0, 0.05) is 12.5 Å². The van der Waals surface area contributed by atoms with Gasteiger partial charge in [-0.3, -0.25) is 0 Å². The lowest BCUT2D eigenvalue weighted by Gasteiger charge is -2.38. The Labute approximate surface area is 144 Å². The minimum atomic E-state index is -3.49. The summed E-state index contributed by atoms with van der Waals surface area (Å²) in [5.41, 5.74) is 0.947. The Kier molecular flexibility index (Phi) is 5.39. The Morgan fingerprint density at radius 3 is 3.00 bits per heavy atom. The van der Waals surface area contributed by atoms with Crippen LogP contribution >= 0.6 is 0 Å². The van der Waals surface area contributed by atoms with Crippen LogP contribution < -0.4 is 0 Å². The van der Waals surface area contributed by atoms with Crippen LogP contribution in [0.4, 0.5) is 0 Å². The molecular formula is C18H25NO4S. The summed E-state index contributed by atoms with van der Waals surface area (Å²) >= 11 is 0. The molecular weight excluding hydrogens is 326 g/mol. The highest BCUT2D eigenvalue weighted by Crippen LogP contribution is 2.37. The van der Waals surface area contributed by atoms with Gasteiger partial charge in [0.2, 0.25) is 10.0 Å². The van der Waals surface area contributed by atoms with Gasteiger partial charge in [-0.05, 0) is 37.5 Å². The monoisotopic (exact) mass is 351 g/mol. The van der Waals surface area contributed by atoms with E-state index in [1.165, 1.54) is 0 Å². The van der Waals surface area contributed by atoms with Gasteiger partial charge in [0.25, 0.3) is 0 Å². The summed E-state index contributed by atoms with van der Waals surface area (Å²) in [7, 11) is -3.49. The highest BCUT2D eigenvalue weighted by Gasteiger charge is 2.46. The van der Waals surface area contributed by atoms with Crippen molar-refractivity contribution in [2.45, 2.75) is 36.8 Å². The first kappa shape index (κ1) is 17.6. The molecule has 0 amide bonds. The maximum absolute atomic E-state index is 13.1. The van der Waals surface area contributed by atoms with Gasteiger partial charge in [-0.2, -0.15) is 4.31 Å². The van der Waals surface area contributed by atoms with Crippen LogP contribution in [0.25, 0.3) is 0 Å². The number of morpholine rings is 1. The number of benzene rings is 1. The maximum atomic E-state index is 13.1. The predicted molar refractivity (Wildman–Crippen MR) is 92.3 cm³/mol. The summed E-state index contributed by atoms with van der Waals surface area (Å²) < 4.78 is 39.3. The van der Waals surface area contributed by atoms with Crippen molar-refractivity contribution in [1.29, 1.82) is 0 Å². The summed E-state index contributed by atoms with van der Waals surface area (Å²) in [6, 6.07) is 7.01. The Morgan fingerprint density at radius 1 is 1.42 bits per heavy atom. The first-order chi connectivity index (χ1) is 11.5. The second-order valence-corrected chi connectivity index (χ2v) is 8.39. The van der Waals surface area contributed by atoms with Crippen LogP contribution in [0.5, 0.6) is 0 Å². The van der Waals surface area contributed by atoms with Crippen LogP contribution in [-0.4, -0.2) is 51.2 Å². The fourth-order valence-electron chi connectivity index (χ4n) is 3.72. The first-order valence-corrected chi connectivity index (χ1v) is 9.87. The van der Waals surface area contributed by atoms with Gasteiger partial charge in [0.1, 0.15) is 0 Å². The van der Waals surface area contributed by atoms with Gasteiger partial charge in [-0.15, -0.1) is 6.58 Å². The van der Waals surface area contributed by atoms with Crippen molar-refractivity contribution in [3.8, 4) is 0 Å². The van der Waals surface area contributed by atoms with Crippen molar-refractivity contribution in [3.05, 3.63) is 42.5 Å². The second kappa shape index (κ2) is 7.35. The first-order valence-electron chi connectivity index (χ1n) is 8.43. The largest absolute Gasteiger partial charge is 0.377 e. The lowest BCUT2D eigenvalue weighted by Crippen LogP contribution is -2.52. The zero-order chi connectivity index (χ0) is 17.2. The van der Waals surface area contributed by atoms with E-state index in [1.807, 2.05) is 13.0 Å². The van der Waals surface area contributed by atoms with Crippen molar-refractivity contribution in [3.63, 3.8) is 0 Å². The van der Waals surface area contributed by atoms with E-state index in [-0.39, 0.29) is 18.1 Å². The van der Waals surface area contributed by atoms with Crippen molar-refractivity contribution >= 4 is 10.0 Å². The highest BCUT2D eigenvalue weighted by molar-refractivity contribution is 7.89. The van der Waals surface area contributed by atoms with Gasteiger partial charge in [0.15, 0.2) is 0 Å². The molecule has 2 aliphatic rings. The number of fused-ring (bicyclic) bond motifs is 1. The van der Waals surface area contributed by atoms with Crippen LogP contribution in [0.2, 0.25) is 0 Å². The highest BCUT2D eigenvalue weighted by atomic mass is 32.2. The average molecular weight is 351 g/mol. The van der Waals surface area contributed by atoms with Crippen LogP contribution in [-0.2, 0) is 19.5 Å². The minimum Gasteiger partial charge on any atom is -0.377 e. The number of aryl methyl sites for hydroxylation is 1. The Hall–Kier alpha value is -1.21. The van der Waals surface area contributed by atoms with E-state index in [2.05, 4.69) is 6.58 Å².